The number of fused-ring (bicyclic) bond motifs is 4. The van der Waals surface area contributed by atoms with Gasteiger partial charge in [-0.25, -0.2) is 9.59 Å². The van der Waals surface area contributed by atoms with E-state index in [1.807, 2.05) is 51.1 Å². The van der Waals surface area contributed by atoms with E-state index in [9.17, 15) is 23.7 Å². The van der Waals surface area contributed by atoms with Gasteiger partial charge in [0.25, 0.3) is 0 Å². The van der Waals surface area contributed by atoms with Crippen LogP contribution in [-0.2, 0) is 53.0 Å². The predicted octanol–water partition coefficient (Wildman–Crippen LogP) is 9.04. The molecule has 12 atom stereocenters. The maximum absolute atomic E-state index is 12.6. The van der Waals surface area contributed by atoms with Gasteiger partial charge in [0, 0.05) is 77.1 Å². The van der Waals surface area contributed by atoms with Gasteiger partial charge in [-0.05, 0) is 192 Å². The Kier molecular flexibility index (Phi) is 27.0. The SMILES string of the molecule is CCOC(=O)N1CC[C@@H]2[C@H](C[C@H]3C(=O)O[C@H](C)[C@H]3[C@H]2/C=C/c2ccc(Br)cn2)C1.CCOP(=O)(Cc1ccc(Br)cn1)OCC.COCCOC(=O)N1CC[C@@H]2[C@H](C[C@H]3C(=O)O[C@H](C)[C@H]3[C@H]2/C=C/c2ccc(Br)cn2)C1.[B][I-]I. The number of rotatable bonds is 14. The number of allylic oxidation sites excluding steroid dienone is 2. The van der Waals surface area contributed by atoms with Gasteiger partial charge in [0.05, 0.1) is 61.5 Å². The van der Waals surface area contributed by atoms with Crippen LogP contribution in [-0.4, -0.2) is 133 Å². The van der Waals surface area contributed by atoms with E-state index in [-0.39, 0.29) is 113 Å². The Bertz CT molecular complexity index is 2560. The number of likely N-dealkylation sites (tertiary alicyclic amines) is 2. The first-order valence-electron chi connectivity index (χ1n) is 26.7. The van der Waals surface area contributed by atoms with Gasteiger partial charge in [-0.1, -0.05) is 12.2 Å². The first-order chi connectivity index (χ1) is 38.0. The van der Waals surface area contributed by atoms with Gasteiger partial charge in [0.15, 0.2) is 0 Å². The van der Waals surface area contributed by atoms with Crippen LogP contribution in [0.4, 0.5) is 9.59 Å². The Balaban J connectivity index is 0.000000195. The molecular formula is C55H71BBr3I2N5O12P-. The van der Waals surface area contributed by atoms with Crippen LogP contribution in [0.2, 0.25) is 0 Å². The Morgan fingerprint density at radius 3 is 1.56 bits per heavy atom. The average molecular weight is 1530 g/mol. The van der Waals surface area contributed by atoms with E-state index in [0.29, 0.717) is 70.1 Å². The van der Waals surface area contributed by atoms with Crippen molar-refractivity contribution in [3.05, 3.63) is 97.6 Å². The topological polar surface area (TPSA) is 195 Å². The minimum atomic E-state index is -3.03. The number of nitrogens with zero attached hydrogens (tertiary/aromatic N) is 5. The molecule has 432 valence electrons. The zero-order valence-electron chi connectivity index (χ0n) is 45.4. The van der Waals surface area contributed by atoms with Crippen molar-refractivity contribution in [2.45, 2.75) is 78.7 Å². The number of hydrogen-bond acceptors (Lipinski definition) is 15. The number of pyridine rings is 3. The van der Waals surface area contributed by atoms with Gasteiger partial charge in [-0.2, -0.15) is 0 Å². The molecule has 0 N–H and O–H groups in total. The van der Waals surface area contributed by atoms with Crippen molar-refractivity contribution < 1.29 is 73.5 Å². The number of carbonyl (C=O) groups is 4. The quantitative estimate of drug-likeness (QED) is 0.0370. The number of cyclic esters (lactones) is 2. The average Bonchev–Trinajstić information content (AvgIpc) is 4.15. The molecule has 7 heterocycles. The van der Waals surface area contributed by atoms with Crippen molar-refractivity contribution in [2.75, 3.05) is 66.3 Å². The summed E-state index contributed by atoms with van der Waals surface area (Å²) in [4.78, 5) is 66.3. The number of ether oxygens (including phenoxy) is 5. The number of halogens is 5. The van der Waals surface area contributed by atoms with Crippen LogP contribution in [0.15, 0.2) is 80.6 Å². The molecule has 3 aromatic heterocycles. The molecule has 0 spiro atoms. The molecule has 6 fully saturated rings. The summed E-state index contributed by atoms with van der Waals surface area (Å²) in [6.45, 7) is 13.8. The fraction of sp³-hybridized carbons (Fsp3) is 0.582. The Morgan fingerprint density at radius 2 is 1.16 bits per heavy atom. The molecule has 17 nitrogen and oxygen atoms in total. The van der Waals surface area contributed by atoms with E-state index >= 15 is 0 Å². The first-order valence-corrected chi connectivity index (χ1v) is 38.4. The third-order valence-corrected chi connectivity index (χ3v) is 18.8. The second-order valence-electron chi connectivity index (χ2n) is 20.1. The third kappa shape index (κ3) is 18.5. The molecule has 4 saturated heterocycles. The van der Waals surface area contributed by atoms with E-state index in [1.165, 1.54) is 0 Å². The van der Waals surface area contributed by atoms with E-state index in [1.54, 1.807) is 55.4 Å². The maximum atomic E-state index is 12.6. The number of piperidine rings is 2. The second kappa shape index (κ2) is 32.5. The zero-order chi connectivity index (χ0) is 57.2. The van der Waals surface area contributed by atoms with Gasteiger partial charge in [-0.3, -0.25) is 29.1 Å². The summed E-state index contributed by atoms with van der Waals surface area (Å²) in [7, 11) is -1.45. The Labute approximate surface area is 511 Å². The monoisotopic (exact) mass is 1530 g/mol. The van der Waals surface area contributed by atoms with Crippen molar-refractivity contribution in [2.24, 2.45) is 59.2 Å². The van der Waals surface area contributed by atoms with Crippen molar-refractivity contribution in [1.29, 1.82) is 0 Å². The molecule has 6 aliphatic rings. The van der Waals surface area contributed by atoms with E-state index < -0.39 is 7.60 Å². The molecule has 0 aromatic carbocycles. The first kappa shape index (κ1) is 65.6. The minimum absolute atomic E-state index is 0.0600. The zero-order valence-corrected chi connectivity index (χ0v) is 55.4. The molecule has 2 radical (unpaired) electrons. The number of carbonyl (C=O) groups excluding carboxylic acids is 4. The van der Waals surface area contributed by atoms with E-state index in [0.717, 1.165) is 50.5 Å². The summed E-state index contributed by atoms with van der Waals surface area (Å²) >= 11 is 12.4. The van der Waals surface area contributed by atoms with Gasteiger partial charge < -0.3 is 42.5 Å². The summed E-state index contributed by atoms with van der Waals surface area (Å²) in [5.74, 6) is 1.73. The van der Waals surface area contributed by atoms with Crippen molar-refractivity contribution >= 4 is 116 Å². The fourth-order valence-corrected chi connectivity index (χ4v) is 14.5. The van der Waals surface area contributed by atoms with Crippen LogP contribution in [0, 0.1) is 59.2 Å². The van der Waals surface area contributed by atoms with E-state index in [2.05, 4.69) is 106 Å². The molecule has 3 aromatic rings. The van der Waals surface area contributed by atoms with E-state index in [4.69, 9.17) is 38.4 Å². The number of esters is 2. The normalized spacial score (nSPS) is 27.8. The van der Waals surface area contributed by atoms with Crippen LogP contribution < -0.4 is 17.0 Å². The van der Waals surface area contributed by atoms with Crippen LogP contribution in [0.25, 0.3) is 12.2 Å². The van der Waals surface area contributed by atoms with Crippen LogP contribution in [0.3, 0.4) is 0 Å². The summed E-state index contributed by atoms with van der Waals surface area (Å²) in [6, 6.07) is 11.5. The van der Waals surface area contributed by atoms with Crippen molar-refractivity contribution in [3.63, 3.8) is 0 Å². The number of amides is 2. The molecule has 2 saturated carbocycles. The molecule has 4 aliphatic heterocycles. The number of methoxy groups -OCH3 is 1. The third-order valence-electron chi connectivity index (χ3n) is 15.4. The summed E-state index contributed by atoms with van der Waals surface area (Å²) in [5.41, 5.74) is 7.43. The Morgan fingerprint density at radius 1 is 0.722 bits per heavy atom. The van der Waals surface area contributed by atoms with Crippen LogP contribution >= 0.6 is 74.0 Å². The molecule has 79 heavy (non-hydrogen) atoms. The molecular weight excluding hydrogens is 1460 g/mol. The summed E-state index contributed by atoms with van der Waals surface area (Å²) in [6.07, 6.45) is 16.6. The van der Waals surface area contributed by atoms with Gasteiger partial charge >= 0.3 is 73.1 Å². The molecule has 0 unspecified atom stereocenters. The number of aromatic nitrogens is 3. The fourth-order valence-electron chi connectivity index (χ4n) is 12.2. The molecule has 24 heteroatoms. The van der Waals surface area contributed by atoms with Gasteiger partial charge in [0.2, 0.25) is 0 Å². The molecule has 2 amide bonds. The van der Waals surface area contributed by atoms with Crippen molar-refractivity contribution in [1.82, 2.24) is 24.8 Å². The molecule has 2 aliphatic carbocycles. The van der Waals surface area contributed by atoms with Crippen LogP contribution in [0.5, 0.6) is 0 Å². The van der Waals surface area contributed by atoms with Gasteiger partial charge in [0.1, 0.15) is 18.8 Å². The van der Waals surface area contributed by atoms with Gasteiger partial charge in [-0.15, -0.1) is 0 Å². The summed E-state index contributed by atoms with van der Waals surface area (Å²) in [5, 5.41) is 0. The number of hydrogen-bond donors (Lipinski definition) is 0. The predicted molar refractivity (Wildman–Crippen MR) is 316 cm³/mol. The molecule has 9 rings (SSSR count). The standard InChI is InChI=1S/C23H29BrN2O5.C22H27BrN2O4.C10H15BrNO3P.BI2/c1-14-21-19(6-5-17-4-3-16(24)12-25-17)18-7-8-26(23(28)30-10-9-29-2)13-15(18)11-20(21)22(27)31-14;1-3-28-22(27)25-9-8-17-14(12-25)10-19-20(13(2)29-21(19)26)18(17)7-6-16-5-4-15(23)11-24-16;1-3-14-16(13,15-4-2)8-10-6-5-9(11)7-12-10;1-3-2/h3-6,12,14-15,18-21H,7-11,13H2,1-2H3;4-7,11,13-14,17-20H,3,8-10,12H2,1-2H3;5-7H,3-4,8H2,1-2H3;/q;;;-1/b6-5+;7-6+;;/t14-,15-,18-,19+,20-,21+;13-,14-,17-,18+,19-,20+;;/m11../s1. The van der Waals surface area contributed by atoms with Crippen molar-refractivity contribution in [3.8, 4) is 0 Å². The summed E-state index contributed by atoms with van der Waals surface area (Å²) < 4.78 is 52.0. The second-order valence-corrected chi connectivity index (χ2v) is 28.5. The van der Waals surface area contributed by atoms with Crippen LogP contribution in [0.1, 0.15) is 77.4 Å². The Hall–Kier alpha value is -2.52. The molecule has 0 bridgehead atoms.